The third-order valence-corrected chi connectivity index (χ3v) is 3.23. The van der Waals surface area contributed by atoms with Crippen molar-refractivity contribution < 1.29 is 10.2 Å². The number of phenolic OH excluding ortho intramolecular Hbond substituents is 2. The smallest absolute Gasteiger partial charge is 0.140 e. The Balaban J connectivity index is 2.09. The third-order valence-electron chi connectivity index (χ3n) is 3.23. The first-order chi connectivity index (χ1) is 9.65. The van der Waals surface area contributed by atoms with Crippen LogP contribution in [-0.2, 0) is 7.05 Å². The minimum absolute atomic E-state index is 0.212. The Hall–Kier alpha value is -2.75. The second-order valence-electron chi connectivity index (χ2n) is 4.63. The zero-order valence-electron chi connectivity index (χ0n) is 11.0. The van der Waals surface area contributed by atoms with Gasteiger partial charge in [-0.15, -0.1) is 0 Å². The summed E-state index contributed by atoms with van der Waals surface area (Å²) < 4.78 is 1.93. The minimum Gasteiger partial charge on any atom is -0.508 e. The lowest BCUT2D eigenvalue weighted by molar-refractivity contribution is 0.475. The van der Waals surface area contributed by atoms with Crippen molar-refractivity contribution in [3.8, 4) is 34.1 Å². The van der Waals surface area contributed by atoms with Crippen LogP contribution in [0, 0.1) is 0 Å². The highest BCUT2D eigenvalue weighted by Crippen LogP contribution is 2.28. The molecule has 3 aromatic rings. The molecule has 1 aromatic heterocycles. The highest BCUT2D eigenvalue weighted by atomic mass is 16.3. The van der Waals surface area contributed by atoms with Crippen molar-refractivity contribution in [1.29, 1.82) is 0 Å². The fourth-order valence-electron chi connectivity index (χ4n) is 2.26. The van der Waals surface area contributed by atoms with Gasteiger partial charge in [-0.3, -0.25) is 0 Å². The van der Waals surface area contributed by atoms with Crippen LogP contribution in [0.4, 0.5) is 0 Å². The molecule has 0 saturated carbocycles. The zero-order valence-corrected chi connectivity index (χ0v) is 11.0. The summed E-state index contributed by atoms with van der Waals surface area (Å²) >= 11 is 0. The molecule has 0 aliphatic heterocycles. The second-order valence-corrected chi connectivity index (χ2v) is 4.63. The van der Waals surface area contributed by atoms with Crippen molar-refractivity contribution in [2.45, 2.75) is 0 Å². The Morgan fingerprint density at radius 1 is 0.900 bits per heavy atom. The summed E-state index contributed by atoms with van der Waals surface area (Å²) in [6.45, 7) is 0. The fraction of sp³-hybridized carbons (Fsp3) is 0.0625. The normalized spacial score (nSPS) is 10.7. The van der Waals surface area contributed by atoms with E-state index in [1.165, 1.54) is 0 Å². The molecule has 0 amide bonds. The molecule has 2 aromatic carbocycles. The topological polar surface area (TPSA) is 58.3 Å². The van der Waals surface area contributed by atoms with Crippen LogP contribution in [0.2, 0.25) is 0 Å². The van der Waals surface area contributed by atoms with Crippen molar-refractivity contribution in [2.24, 2.45) is 7.05 Å². The molecular weight excluding hydrogens is 252 g/mol. The van der Waals surface area contributed by atoms with Crippen molar-refractivity contribution in [2.75, 3.05) is 0 Å². The number of hydrogen-bond donors (Lipinski definition) is 2. The van der Waals surface area contributed by atoms with Gasteiger partial charge >= 0.3 is 0 Å². The average molecular weight is 266 g/mol. The van der Waals surface area contributed by atoms with Gasteiger partial charge in [-0.1, -0.05) is 24.3 Å². The summed E-state index contributed by atoms with van der Waals surface area (Å²) in [7, 11) is 1.91. The highest BCUT2D eigenvalue weighted by molar-refractivity contribution is 5.67. The number of hydrogen-bond acceptors (Lipinski definition) is 3. The zero-order chi connectivity index (χ0) is 14.1. The number of benzene rings is 2. The van der Waals surface area contributed by atoms with E-state index in [2.05, 4.69) is 4.98 Å². The van der Waals surface area contributed by atoms with E-state index in [1.54, 1.807) is 42.6 Å². The van der Waals surface area contributed by atoms with Gasteiger partial charge < -0.3 is 14.8 Å². The molecule has 100 valence electrons. The molecule has 0 unspecified atom stereocenters. The summed E-state index contributed by atoms with van der Waals surface area (Å²) in [4.78, 5) is 4.40. The van der Waals surface area contributed by atoms with Gasteiger partial charge in [0.2, 0.25) is 0 Å². The molecule has 4 heteroatoms. The summed E-state index contributed by atoms with van der Waals surface area (Å²) in [5.41, 5.74) is 2.64. The van der Waals surface area contributed by atoms with Crippen LogP contribution in [0.5, 0.6) is 11.5 Å². The number of imidazole rings is 1. The molecule has 20 heavy (non-hydrogen) atoms. The second kappa shape index (κ2) is 4.74. The van der Waals surface area contributed by atoms with Crippen molar-refractivity contribution >= 4 is 0 Å². The van der Waals surface area contributed by atoms with E-state index < -0.39 is 0 Å². The van der Waals surface area contributed by atoms with E-state index in [0.717, 1.165) is 22.6 Å². The van der Waals surface area contributed by atoms with Crippen molar-refractivity contribution in [3.05, 3.63) is 54.7 Å². The van der Waals surface area contributed by atoms with Gasteiger partial charge in [-0.05, 0) is 24.3 Å². The molecule has 3 rings (SSSR count). The van der Waals surface area contributed by atoms with Crippen LogP contribution in [0.15, 0.2) is 54.7 Å². The quantitative estimate of drug-likeness (QED) is 0.749. The average Bonchev–Trinajstić information content (AvgIpc) is 2.80. The molecule has 0 saturated heterocycles. The molecule has 0 bridgehead atoms. The Bertz CT molecular complexity index is 700. The summed E-state index contributed by atoms with van der Waals surface area (Å²) in [5, 5.41) is 19.1. The van der Waals surface area contributed by atoms with Gasteiger partial charge in [0.15, 0.2) is 0 Å². The highest BCUT2D eigenvalue weighted by Gasteiger charge is 2.11. The van der Waals surface area contributed by atoms with Gasteiger partial charge in [0.1, 0.15) is 17.3 Å². The van der Waals surface area contributed by atoms with Crippen LogP contribution in [0.25, 0.3) is 22.6 Å². The molecule has 1 heterocycles. The monoisotopic (exact) mass is 266 g/mol. The lowest BCUT2D eigenvalue weighted by Gasteiger charge is -2.07. The Labute approximate surface area is 116 Å². The van der Waals surface area contributed by atoms with Gasteiger partial charge in [-0.25, -0.2) is 4.98 Å². The molecule has 4 nitrogen and oxygen atoms in total. The van der Waals surface area contributed by atoms with E-state index in [9.17, 15) is 10.2 Å². The Morgan fingerprint density at radius 3 is 2.15 bits per heavy atom. The Morgan fingerprint density at radius 2 is 1.50 bits per heavy atom. The molecule has 0 spiro atoms. The molecule has 0 fully saturated rings. The standard InChI is InChI=1S/C16H14N2O2/c1-18-15(11-4-2-6-13(19)8-11)10-17-16(18)12-5-3-7-14(20)9-12/h2-10,19-20H,1H3. The number of rotatable bonds is 2. The lowest BCUT2D eigenvalue weighted by atomic mass is 10.1. The number of aromatic hydroxyl groups is 2. The first-order valence-electron chi connectivity index (χ1n) is 6.25. The molecule has 0 atom stereocenters. The number of aromatic nitrogens is 2. The predicted molar refractivity (Wildman–Crippen MR) is 77.4 cm³/mol. The van der Waals surface area contributed by atoms with Gasteiger partial charge in [0.05, 0.1) is 11.9 Å². The molecule has 0 aliphatic carbocycles. The lowest BCUT2D eigenvalue weighted by Crippen LogP contribution is -1.95. The van der Waals surface area contributed by atoms with E-state index in [1.807, 2.05) is 23.7 Å². The van der Waals surface area contributed by atoms with Crippen LogP contribution >= 0.6 is 0 Å². The maximum atomic E-state index is 9.56. The van der Waals surface area contributed by atoms with E-state index in [4.69, 9.17) is 0 Å². The maximum absolute atomic E-state index is 9.56. The van der Waals surface area contributed by atoms with Gasteiger partial charge in [0, 0.05) is 18.2 Å². The van der Waals surface area contributed by atoms with E-state index in [-0.39, 0.29) is 11.5 Å². The third kappa shape index (κ3) is 2.12. The van der Waals surface area contributed by atoms with Gasteiger partial charge in [-0.2, -0.15) is 0 Å². The number of nitrogens with zero attached hydrogens (tertiary/aromatic N) is 2. The van der Waals surface area contributed by atoms with Crippen LogP contribution in [0.1, 0.15) is 0 Å². The maximum Gasteiger partial charge on any atom is 0.140 e. The van der Waals surface area contributed by atoms with Gasteiger partial charge in [0.25, 0.3) is 0 Å². The van der Waals surface area contributed by atoms with Crippen LogP contribution < -0.4 is 0 Å². The minimum atomic E-state index is 0.212. The molecule has 2 N–H and O–H groups in total. The predicted octanol–water partition coefficient (Wildman–Crippen LogP) is 3.17. The summed E-state index contributed by atoms with van der Waals surface area (Å²) in [6, 6.07) is 14.0. The molecule has 0 radical (unpaired) electrons. The first kappa shape index (κ1) is 12.3. The number of phenols is 2. The fourth-order valence-corrected chi connectivity index (χ4v) is 2.26. The largest absolute Gasteiger partial charge is 0.508 e. The molecular formula is C16H14N2O2. The van der Waals surface area contributed by atoms with Crippen molar-refractivity contribution in [1.82, 2.24) is 9.55 Å². The van der Waals surface area contributed by atoms with E-state index in [0.29, 0.717) is 0 Å². The van der Waals surface area contributed by atoms with Crippen molar-refractivity contribution in [3.63, 3.8) is 0 Å². The summed E-state index contributed by atoms with van der Waals surface area (Å²) in [5.74, 6) is 1.20. The van der Waals surface area contributed by atoms with E-state index >= 15 is 0 Å². The molecule has 0 aliphatic rings. The Kier molecular flexibility index (Phi) is 2.91. The van der Waals surface area contributed by atoms with Crippen LogP contribution in [0.3, 0.4) is 0 Å². The SMILES string of the molecule is Cn1c(-c2cccc(O)c2)cnc1-c1cccc(O)c1. The summed E-state index contributed by atoms with van der Waals surface area (Å²) in [6.07, 6.45) is 1.76. The van der Waals surface area contributed by atoms with Crippen LogP contribution in [-0.4, -0.2) is 19.8 Å². The first-order valence-corrected chi connectivity index (χ1v) is 6.25.